The van der Waals surface area contributed by atoms with Crippen LogP contribution >= 0.6 is 11.3 Å². The Morgan fingerprint density at radius 1 is 1.45 bits per heavy atom. The number of aromatic nitrogens is 2. The van der Waals surface area contributed by atoms with E-state index in [4.69, 9.17) is 10.2 Å². The van der Waals surface area contributed by atoms with Crippen LogP contribution in [0, 0.1) is 13.8 Å². The summed E-state index contributed by atoms with van der Waals surface area (Å²) in [6.45, 7) is 4.83. The molecule has 0 unspecified atom stereocenters. The lowest BCUT2D eigenvalue weighted by atomic mass is 10.2. The maximum atomic E-state index is 11.0. The van der Waals surface area contributed by atoms with Gasteiger partial charge in [0.15, 0.2) is 0 Å². The van der Waals surface area contributed by atoms with E-state index in [-0.39, 0.29) is 12.3 Å². The summed E-state index contributed by atoms with van der Waals surface area (Å²) in [5.41, 5.74) is 9.46. The van der Waals surface area contributed by atoms with E-state index in [1.54, 1.807) is 6.26 Å². The number of aryl methyl sites for hydroxylation is 1. The molecule has 0 bridgehead atoms. The van der Waals surface area contributed by atoms with Gasteiger partial charge in [0.05, 0.1) is 24.9 Å². The Labute approximate surface area is 132 Å². The quantitative estimate of drug-likeness (QED) is 0.786. The number of hydrogen-bond donors (Lipinski definition) is 1. The van der Waals surface area contributed by atoms with Crippen LogP contribution in [0.4, 0.5) is 0 Å². The highest BCUT2D eigenvalue weighted by molar-refractivity contribution is 7.10. The number of carbonyl (C=O) groups excluding carboxylic acids is 1. The molecule has 0 aromatic carbocycles. The zero-order valence-corrected chi connectivity index (χ0v) is 13.3. The molecule has 3 aromatic heterocycles. The molecule has 114 valence electrons. The number of nitrogens with zero attached hydrogens (tertiary/aromatic N) is 2. The smallest absolute Gasteiger partial charge is 0.224 e. The summed E-state index contributed by atoms with van der Waals surface area (Å²) in [6, 6.07) is 5.97. The van der Waals surface area contributed by atoms with E-state index >= 15 is 0 Å². The monoisotopic (exact) mass is 315 g/mol. The molecule has 1 amide bonds. The van der Waals surface area contributed by atoms with Crippen LogP contribution in [-0.4, -0.2) is 15.5 Å². The molecule has 0 fully saturated rings. The van der Waals surface area contributed by atoms with E-state index in [9.17, 15) is 4.79 Å². The first-order valence-corrected chi connectivity index (χ1v) is 7.84. The second kappa shape index (κ2) is 5.81. The molecule has 5 nitrogen and oxygen atoms in total. The van der Waals surface area contributed by atoms with Crippen LogP contribution in [0.15, 0.2) is 34.3 Å². The first-order valence-electron chi connectivity index (χ1n) is 6.97. The van der Waals surface area contributed by atoms with Gasteiger partial charge >= 0.3 is 0 Å². The summed E-state index contributed by atoms with van der Waals surface area (Å²) in [7, 11) is 0. The predicted octanol–water partition coefficient (Wildman–Crippen LogP) is 2.90. The van der Waals surface area contributed by atoms with Gasteiger partial charge in [-0.15, -0.1) is 11.3 Å². The molecule has 0 aliphatic rings. The number of carbonyl (C=O) groups is 1. The van der Waals surface area contributed by atoms with Crippen LogP contribution in [0.2, 0.25) is 0 Å². The number of thiazole rings is 1. The largest absolute Gasteiger partial charge is 0.467 e. The molecule has 3 heterocycles. The fourth-order valence-electron chi connectivity index (χ4n) is 2.53. The second-order valence-corrected chi connectivity index (χ2v) is 6.16. The van der Waals surface area contributed by atoms with Gasteiger partial charge < -0.3 is 14.7 Å². The third-order valence-electron chi connectivity index (χ3n) is 3.62. The minimum Gasteiger partial charge on any atom is -0.467 e. The van der Waals surface area contributed by atoms with E-state index < -0.39 is 0 Å². The number of hydrogen-bond acceptors (Lipinski definition) is 4. The molecule has 0 spiro atoms. The zero-order chi connectivity index (χ0) is 15.7. The fourth-order valence-corrected chi connectivity index (χ4v) is 3.33. The molecule has 22 heavy (non-hydrogen) atoms. The van der Waals surface area contributed by atoms with Crippen molar-refractivity contribution in [1.82, 2.24) is 9.55 Å². The highest BCUT2D eigenvalue weighted by Crippen LogP contribution is 2.28. The van der Waals surface area contributed by atoms with Gasteiger partial charge in [-0.05, 0) is 32.0 Å². The Morgan fingerprint density at radius 2 is 2.27 bits per heavy atom. The highest BCUT2D eigenvalue weighted by atomic mass is 32.1. The molecule has 0 aliphatic carbocycles. The third kappa shape index (κ3) is 2.82. The Kier molecular flexibility index (Phi) is 3.85. The first-order chi connectivity index (χ1) is 10.5. The van der Waals surface area contributed by atoms with Crippen molar-refractivity contribution < 1.29 is 9.21 Å². The number of furan rings is 1. The van der Waals surface area contributed by atoms with Crippen LogP contribution in [0.1, 0.15) is 22.2 Å². The van der Waals surface area contributed by atoms with Crippen molar-refractivity contribution in [2.75, 3.05) is 0 Å². The Morgan fingerprint density at radius 3 is 2.95 bits per heavy atom. The van der Waals surface area contributed by atoms with Gasteiger partial charge in [0.2, 0.25) is 5.91 Å². The van der Waals surface area contributed by atoms with Crippen molar-refractivity contribution in [1.29, 1.82) is 0 Å². The van der Waals surface area contributed by atoms with E-state index in [1.165, 1.54) is 11.3 Å². The third-order valence-corrected chi connectivity index (χ3v) is 4.47. The predicted molar refractivity (Wildman–Crippen MR) is 85.7 cm³/mol. The average Bonchev–Trinajstić information content (AvgIpc) is 3.16. The molecule has 2 N–H and O–H groups in total. The minimum absolute atomic E-state index is 0.190. The maximum Gasteiger partial charge on any atom is 0.224 e. The van der Waals surface area contributed by atoms with Crippen LogP contribution in [-0.2, 0) is 17.8 Å². The van der Waals surface area contributed by atoms with E-state index in [2.05, 4.69) is 29.5 Å². The molecule has 0 saturated carbocycles. The molecular weight excluding hydrogens is 298 g/mol. The first kappa shape index (κ1) is 14.6. The Balaban J connectivity index is 1.91. The molecule has 0 aliphatic heterocycles. The van der Waals surface area contributed by atoms with Crippen molar-refractivity contribution in [2.24, 2.45) is 5.73 Å². The van der Waals surface area contributed by atoms with E-state index in [0.29, 0.717) is 6.54 Å². The van der Waals surface area contributed by atoms with E-state index in [0.717, 1.165) is 33.4 Å². The standard InChI is InChI=1S/C16H17N3O2S/c1-10-6-13(14-9-22-16(18-14)7-15(17)20)11(2)19(10)8-12-4-3-5-21-12/h3-6,9H,7-8H2,1-2H3,(H2,17,20). The zero-order valence-electron chi connectivity index (χ0n) is 12.5. The van der Waals surface area contributed by atoms with Gasteiger partial charge in [-0.1, -0.05) is 0 Å². The molecule has 3 aromatic rings. The summed E-state index contributed by atoms with van der Waals surface area (Å²) in [5, 5.41) is 2.72. The normalized spacial score (nSPS) is 11.0. The molecule has 0 atom stereocenters. The van der Waals surface area contributed by atoms with Crippen molar-refractivity contribution in [3.8, 4) is 11.3 Å². The van der Waals surface area contributed by atoms with Gasteiger partial charge in [0.25, 0.3) is 0 Å². The minimum atomic E-state index is -0.357. The van der Waals surface area contributed by atoms with Gasteiger partial charge in [0, 0.05) is 22.3 Å². The van der Waals surface area contributed by atoms with Gasteiger partial charge in [-0.25, -0.2) is 4.98 Å². The average molecular weight is 315 g/mol. The molecule has 0 saturated heterocycles. The highest BCUT2D eigenvalue weighted by Gasteiger charge is 2.15. The summed E-state index contributed by atoms with van der Waals surface area (Å²) < 4.78 is 7.62. The maximum absolute atomic E-state index is 11.0. The van der Waals surface area contributed by atoms with Gasteiger partial charge in [0.1, 0.15) is 10.8 Å². The second-order valence-electron chi connectivity index (χ2n) is 5.22. The number of rotatable bonds is 5. The lowest BCUT2D eigenvalue weighted by molar-refractivity contribution is -0.117. The van der Waals surface area contributed by atoms with Gasteiger partial charge in [-0.2, -0.15) is 0 Å². The Bertz CT molecular complexity index is 800. The SMILES string of the molecule is Cc1cc(-c2csc(CC(N)=O)n2)c(C)n1Cc1ccco1. The van der Waals surface area contributed by atoms with Crippen molar-refractivity contribution >= 4 is 17.2 Å². The lowest BCUT2D eigenvalue weighted by Crippen LogP contribution is -2.13. The summed E-state index contributed by atoms with van der Waals surface area (Å²) in [4.78, 5) is 15.5. The van der Waals surface area contributed by atoms with Crippen molar-refractivity contribution in [3.05, 3.63) is 52.0 Å². The summed E-state index contributed by atoms with van der Waals surface area (Å²) in [6.07, 6.45) is 1.87. The van der Waals surface area contributed by atoms with Crippen molar-refractivity contribution in [3.63, 3.8) is 0 Å². The topological polar surface area (TPSA) is 74.1 Å². The van der Waals surface area contributed by atoms with Crippen LogP contribution in [0.3, 0.4) is 0 Å². The van der Waals surface area contributed by atoms with Crippen molar-refractivity contribution in [2.45, 2.75) is 26.8 Å². The molecule has 0 radical (unpaired) electrons. The summed E-state index contributed by atoms with van der Waals surface area (Å²) >= 11 is 1.46. The molecule has 3 rings (SSSR count). The Hall–Kier alpha value is -2.34. The molecule has 6 heteroatoms. The number of nitrogens with two attached hydrogens (primary N) is 1. The van der Waals surface area contributed by atoms with Crippen LogP contribution < -0.4 is 5.73 Å². The van der Waals surface area contributed by atoms with Crippen LogP contribution in [0.5, 0.6) is 0 Å². The van der Waals surface area contributed by atoms with E-state index in [1.807, 2.05) is 17.5 Å². The number of primary amides is 1. The molecular formula is C16H17N3O2S. The number of amides is 1. The fraction of sp³-hybridized carbons (Fsp3) is 0.250. The van der Waals surface area contributed by atoms with Gasteiger partial charge in [-0.3, -0.25) is 4.79 Å². The lowest BCUT2D eigenvalue weighted by Gasteiger charge is -2.07. The van der Waals surface area contributed by atoms with Crippen LogP contribution in [0.25, 0.3) is 11.3 Å². The summed E-state index contributed by atoms with van der Waals surface area (Å²) in [5.74, 6) is 0.560.